The largest absolute Gasteiger partial charge is 0.298 e. The molecule has 0 radical (unpaired) electrons. The molecule has 1 aliphatic rings. The number of aromatic nitrogens is 1. The molecule has 1 aromatic heterocycles. The number of nitro groups is 1. The minimum absolute atomic E-state index is 0.0197. The molecule has 7 nitrogen and oxygen atoms in total. The first kappa shape index (κ1) is 19.9. The van der Waals surface area contributed by atoms with Crippen LogP contribution in [0.2, 0.25) is 0 Å². The number of carbonyl (C=O) groups excluding carboxylic acids is 1. The number of hydrogen-bond donors (Lipinski definition) is 1. The lowest BCUT2D eigenvalue weighted by atomic mass is 10.1. The number of amides is 1. The third-order valence-electron chi connectivity index (χ3n) is 4.82. The Morgan fingerprint density at radius 2 is 1.97 bits per heavy atom. The predicted molar refractivity (Wildman–Crippen MR) is 117 cm³/mol. The molecule has 2 aromatic carbocycles. The molecular weight excluding hydrogens is 400 g/mol. The summed E-state index contributed by atoms with van der Waals surface area (Å²) in [5.74, 6) is -0.277. The summed E-state index contributed by atoms with van der Waals surface area (Å²) in [4.78, 5) is 30.6. The number of anilines is 1. The van der Waals surface area contributed by atoms with Crippen molar-refractivity contribution >= 4 is 34.1 Å². The van der Waals surface area contributed by atoms with Crippen molar-refractivity contribution in [2.45, 2.75) is 19.5 Å². The molecule has 152 valence electrons. The summed E-state index contributed by atoms with van der Waals surface area (Å²) >= 11 is 1.51. The summed E-state index contributed by atoms with van der Waals surface area (Å²) in [5, 5.41) is 14.1. The van der Waals surface area contributed by atoms with E-state index in [9.17, 15) is 14.9 Å². The highest BCUT2D eigenvalue weighted by molar-refractivity contribution is 7.15. The van der Waals surface area contributed by atoms with Crippen LogP contribution in [-0.4, -0.2) is 27.3 Å². The maximum absolute atomic E-state index is 12.2. The van der Waals surface area contributed by atoms with Gasteiger partial charge in [0.25, 0.3) is 5.69 Å². The normalized spacial score (nSPS) is 13.9. The van der Waals surface area contributed by atoms with Crippen LogP contribution in [-0.2, 0) is 24.3 Å². The fourth-order valence-corrected chi connectivity index (χ4v) is 4.36. The maximum Gasteiger partial charge on any atom is 0.269 e. The molecule has 0 spiro atoms. The van der Waals surface area contributed by atoms with Gasteiger partial charge in [0.15, 0.2) is 5.13 Å². The van der Waals surface area contributed by atoms with E-state index in [0.717, 1.165) is 31.7 Å². The van der Waals surface area contributed by atoms with Gasteiger partial charge in [0.2, 0.25) is 5.91 Å². The average molecular weight is 420 g/mol. The summed E-state index contributed by atoms with van der Waals surface area (Å²) in [6.07, 6.45) is 3.89. The lowest BCUT2D eigenvalue weighted by Crippen LogP contribution is -2.29. The first-order valence-corrected chi connectivity index (χ1v) is 10.4. The Morgan fingerprint density at radius 1 is 1.20 bits per heavy atom. The number of non-ortho nitro benzene ring substituents is 1. The second kappa shape index (κ2) is 8.98. The first-order chi connectivity index (χ1) is 14.6. The number of nitrogens with one attached hydrogen (secondary N) is 1. The topological polar surface area (TPSA) is 88.4 Å². The Morgan fingerprint density at radius 3 is 2.70 bits per heavy atom. The maximum atomic E-state index is 12.2. The fraction of sp³-hybridized carbons (Fsp3) is 0.182. The van der Waals surface area contributed by atoms with Gasteiger partial charge in [-0.15, -0.1) is 11.3 Å². The Kier molecular flexibility index (Phi) is 5.97. The third kappa shape index (κ3) is 4.97. The summed E-state index contributed by atoms with van der Waals surface area (Å²) < 4.78 is 0. The number of nitro benzene ring substituents is 1. The lowest BCUT2D eigenvalue weighted by molar-refractivity contribution is -0.384. The Hall–Kier alpha value is -3.36. The Labute approximate surface area is 177 Å². The molecule has 4 rings (SSSR count). The molecule has 0 fully saturated rings. The van der Waals surface area contributed by atoms with Crippen molar-refractivity contribution in [3.05, 3.63) is 92.5 Å². The molecule has 8 heteroatoms. The van der Waals surface area contributed by atoms with Crippen LogP contribution in [0.5, 0.6) is 0 Å². The Bertz CT molecular complexity index is 1080. The van der Waals surface area contributed by atoms with Gasteiger partial charge in [0, 0.05) is 49.1 Å². The van der Waals surface area contributed by atoms with Crippen LogP contribution in [0.3, 0.4) is 0 Å². The van der Waals surface area contributed by atoms with Gasteiger partial charge in [-0.1, -0.05) is 30.3 Å². The quantitative estimate of drug-likeness (QED) is 0.366. The van der Waals surface area contributed by atoms with Crippen molar-refractivity contribution in [2.24, 2.45) is 0 Å². The van der Waals surface area contributed by atoms with Gasteiger partial charge in [-0.2, -0.15) is 0 Å². The molecule has 0 atom stereocenters. The zero-order valence-corrected chi connectivity index (χ0v) is 17.0. The number of hydrogen-bond acceptors (Lipinski definition) is 6. The summed E-state index contributed by atoms with van der Waals surface area (Å²) in [5.41, 5.74) is 3.08. The molecule has 30 heavy (non-hydrogen) atoms. The van der Waals surface area contributed by atoms with E-state index in [4.69, 9.17) is 0 Å². The standard InChI is InChI=1S/C22H20N4O3S/c27-21(11-8-16-6-9-18(10-7-16)26(28)29)24-22-23-19-12-13-25(15-20(19)30-22)14-17-4-2-1-3-5-17/h1-11H,12-15H2,(H,23,24,27)/b11-8+. The smallest absolute Gasteiger partial charge is 0.269 e. The number of nitrogens with zero attached hydrogens (tertiary/aromatic N) is 3. The van der Waals surface area contributed by atoms with Crippen molar-refractivity contribution in [3.8, 4) is 0 Å². The minimum Gasteiger partial charge on any atom is -0.298 e. The van der Waals surface area contributed by atoms with Crippen molar-refractivity contribution in [1.82, 2.24) is 9.88 Å². The van der Waals surface area contributed by atoms with Crippen LogP contribution >= 0.6 is 11.3 Å². The van der Waals surface area contributed by atoms with Crippen molar-refractivity contribution in [2.75, 3.05) is 11.9 Å². The van der Waals surface area contributed by atoms with E-state index in [1.54, 1.807) is 18.2 Å². The van der Waals surface area contributed by atoms with E-state index < -0.39 is 4.92 Å². The number of carbonyl (C=O) groups is 1. The van der Waals surface area contributed by atoms with Crippen LogP contribution in [0.4, 0.5) is 10.8 Å². The van der Waals surface area contributed by atoms with Crippen molar-refractivity contribution in [3.63, 3.8) is 0 Å². The van der Waals surface area contributed by atoms with Gasteiger partial charge in [-0.05, 0) is 29.3 Å². The van der Waals surface area contributed by atoms with Crippen LogP contribution in [0.1, 0.15) is 21.7 Å². The first-order valence-electron chi connectivity index (χ1n) is 9.55. The number of benzene rings is 2. The summed E-state index contributed by atoms with van der Waals surface area (Å²) in [7, 11) is 0. The summed E-state index contributed by atoms with van der Waals surface area (Å²) in [6, 6.07) is 16.4. The molecule has 0 unspecified atom stereocenters. The van der Waals surface area contributed by atoms with Crippen molar-refractivity contribution < 1.29 is 9.72 Å². The highest BCUT2D eigenvalue weighted by Gasteiger charge is 2.21. The molecule has 0 saturated heterocycles. The molecule has 2 heterocycles. The molecular formula is C22H20N4O3S. The van der Waals surface area contributed by atoms with E-state index in [-0.39, 0.29) is 11.6 Å². The summed E-state index contributed by atoms with van der Waals surface area (Å²) in [6.45, 7) is 2.67. The van der Waals surface area contributed by atoms with Crippen LogP contribution < -0.4 is 5.32 Å². The minimum atomic E-state index is -0.453. The predicted octanol–water partition coefficient (Wildman–Crippen LogP) is 4.26. The van der Waals surface area contributed by atoms with E-state index >= 15 is 0 Å². The molecule has 3 aromatic rings. The zero-order valence-electron chi connectivity index (χ0n) is 16.2. The fourth-order valence-electron chi connectivity index (χ4n) is 3.30. The van der Waals surface area contributed by atoms with Gasteiger partial charge >= 0.3 is 0 Å². The molecule has 1 aliphatic heterocycles. The highest BCUT2D eigenvalue weighted by Crippen LogP contribution is 2.29. The monoisotopic (exact) mass is 420 g/mol. The van der Waals surface area contributed by atoms with Gasteiger partial charge in [-0.3, -0.25) is 25.1 Å². The Balaban J connectivity index is 1.35. The molecule has 1 amide bonds. The number of rotatable bonds is 6. The van der Waals surface area contributed by atoms with E-state index in [1.807, 2.05) is 6.07 Å². The van der Waals surface area contributed by atoms with Gasteiger partial charge < -0.3 is 0 Å². The van der Waals surface area contributed by atoms with Gasteiger partial charge in [0.1, 0.15) is 0 Å². The lowest BCUT2D eigenvalue weighted by Gasteiger charge is -2.25. The number of fused-ring (bicyclic) bond motifs is 1. The SMILES string of the molecule is O=C(/C=C/c1ccc([N+](=O)[O-])cc1)Nc1nc2c(s1)CN(Cc1ccccc1)CC2. The average Bonchev–Trinajstić information content (AvgIpc) is 3.14. The molecule has 1 N–H and O–H groups in total. The van der Waals surface area contributed by atoms with Crippen molar-refractivity contribution in [1.29, 1.82) is 0 Å². The molecule has 0 bridgehead atoms. The third-order valence-corrected chi connectivity index (χ3v) is 5.82. The van der Waals surface area contributed by atoms with E-state index in [2.05, 4.69) is 39.5 Å². The van der Waals surface area contributed by atoms with Crippen LogP contribution in [0, 0.1) is 10.1 Å². The zero-order chi connectivity index (χ0) is 20.9. The van der Waals surface area contributed by atoms with Crippen LogP contribution in [0.25, 0.3) is 6.08 Å². The van der Waals surface area contributed by atoms with Gasteiger partial charge in [-0.25, -0.2) is 4.98 Å². The molecule has 0 aliphatic carbocycles. The second-order valence-corrected chi connectivity index (χ2v) is 8.09. The van der Waals surface area contributed by atoms with Gasteiger partial charge in [0.05, 0.1) is 10.6 Å². The highest BCUT2D eigenvalue weighted by atomic mass is 32.1. The molecule has 0 saturated carbocycles. The van der Waals surface area contributed by atoms with Crippen LogP contribution in [0.15, 0.2) is 60.7 Å². The van der Waals surface area contributed by atoms with E-state index in [1.165, 1.54) is 40.0 Å². The number of thiazole rings is 1. The second-order valence-electron chi connectivity index (χ2n) is 7.01. The van der Waals surface area contributed by atoms with E-state index in [0.29, 0.717) is 10.7 Å².